The normalized spacial score (nSPS) is 20.0. The van der Waals surface area contributed by atoms with Crippen molar-refractivity contribution in [2.45, 2.75) is 31.2 Å². The first-order valence-corrected chi connectivity index (χ1v) is 14.0. The number of morpholine rings is 1. The lowest BCUT2D eigenvalue weighted by atomic mass is 9.96. The fraction of sp³-hybridized carbons (Fsp3) is 0.310. The van der Waals surface area contributed by atoms with Crippen LogP contribution in [-0.2, 0) is 14.9 Å². The molecule has 0 unspecified atom stereocenters. The van der Waals surface area contributed by atoms with E-state index < -0.39 is 6.04 Å². The minimum absolute atomic E-state index is 0.122. The molecule has 2 aromatic carbocycles. The second-order valence-electron chi connectivity index (χ2n) is 10.3. The molecule has 7 rings (SSSR count). The molecule has 1 amide bonds. The molecular formula is C29H28N6O3S. The molecule has 9 nitrogen and oxygen atoms in total. The number of carbonyl (C=O) groups excluding carboxylic acids is 1. The van der Waals surface area contributed by atoms with E-state index in [1.807, 2.05) is 60.7 Å². The van der Waals surface area contributed by atoms with Crippen molar-refractivity contribution in [1.82, 2.24) is 15.2 Å². The molecule has 0 bridgehead atoms. The summed E-state index contributed by atoms with van der Waals surface area (Å²) in [6.07, 6.45) is 4.18. The molecule has 0 radical (unpaired) electrons. The minimum atomic E-state index is -0.726. The van der Waals surface area contributed by atoms with E-state index in [2.05, 4.69) is 32.7 Å². The standard InChI is InChI=1S/C29H28N6O3S/c1-29(11-12-29)27-32-23(26(39-27)35-13-15-37-16-14-35)25-33-34-28(38-25)31-22-17-20(18-7-3-2-4-8-18)19-9-5-6-10-21(19)30-24(22)36/h2-10,17,22H,11-16H2,1H3,(H,30,36)(H,31,34)/t22-/m0/s1. The van der Waals surface area contributed by atoms with Gasteiger partial charge in [-0.3, -0.25) is 4.79 Å². The van der Waals surface area contributed by atoms with Gasteiger partial charge in [-0.25, -0.2) is 4.98 Å². The molecule has 2 aliphatic heterocycles. The molecule has 10 heteroatoms. The molecule has 1 aliphatic carbocycles. The monoisotopic (exact) mass is 540 g/mol. The van der Waals surface area contributed by atoms with Crippen molar-refractivity contribution in [3.63, 3.8) is 0 Å². The Morgan fingerprint density at radius 1 is 1.05 bits per heavy atom. The Hall–Kier alpha value is -4.02. The maximum Gasteiger partial charge on any atom is 0.316 e. The Bertz CT molecular complexity index is 1550. The number of hydrogen-bond acceptors (Lipinski definition) is 9. The number of rotatable bonds is 6. The van der Waals surface area contributed by atoms with Crippen LogP contribution in [-0.4, -0.2) is 53.4 Å². The van der Waals surface area contributed by atoms with Gasteiger partial charge in [0.25, 0.3) is 11.8 Å². The molecule has 4 heterocycles. The summed E-state index contributed by atoms with van der Waals surface area (Å²) < 4.78 is 11.7. The zero-order valence-corrected chi connectivity index (χ0v) is 22.3. The van der Waals surface area contributed by atoms with Crippen molar-refractivity contribution < 1.29 is 13.9 Å². The van der Waals surface area contributed by atoms with E-state index >= 15 is 0 Å². The fourth-order valence-electron chi connectivity index (χ4n) is 4.95. The maximum atomic E-state index is 13.3. The second kappa shape index (κ2) is 9.62. The van der Waals surface area contributed by atoms with Crippen molar-refractivity contribution in [3.05, 3.63) is 76.8 Å². The van der Waals surface area contributed by atoms with Crippen molar-refractivity contribution in [2.75, 3.05) is 41.8 Å². The van der Waals surface area contributed by atoms with E-state index in [0.29, 0.717) is 24.8 Å². The zero-order chi connectivity index (χ0) is 26.4. The zero-order valence-electron chi connectivity index (χ0n) is 21.5. The summed E-state index contributed by atoms with van der Waals surface area (Å²) in [7, 11) is 0. The lowest BCUT2D eigenvalue weighted by Gasteiger charge is -2.27. The van der Waals surface area contributed by atoms with Crippen LogP contribution in [0.4, 0.5) is 16.7 Å². The summed E-state index contributed by atoms with van der Waals surface area (Å²) in [4.78, 5) is 20.5. The first-order chi connectivity index (χ1) is 19.1. The van der Waals surface area contributed by atoms with E-state index in [4.69, 9.17) is 14.1 Å². The van der Waals surface area contributed by atoms with Crippen LogP contribution >= 0.6 is 11.3 Å². The summed E-state index contributed by atoms with van der Waals surface area (Å²) in [5, 5.41) is 16.9. The summed E-state index contributed by atoms with van der Waals surface area (Å²) in [6.45, 7) is 5.19. The molecule has 3 aliphatic rings. The van der Waals surface area contributed by atoms with Crippen LogP contribution in [0, 0.1) is 0 Å². The molecule has 1 saturated heterocycles. The number of aromatic nitrogens is 3. The highest BCUT2D eigenvalue weighted by Crippen LogP contribution is 2.52. The first-order valence-electron chi connectivity index (χ1n) is 13.2. The van der Waals surface area contributed by atoms with Gasteiger partial charge >= 0.3 is 6.01 Å². The summed E-state index contributed by atoms with van der Waals surface area (Å²) in [6, 6.07) is 17.3. The van der Waals surface area contributed by atoms with E-state index in [9.17, 15) is 4.79 Å². The predicted molar refractivity (Wildman–Crippen MR) is 151 cm³/mol. The Morgan fingerprint density at radius 3 is 2.62 bits per heavy atom. The van der Waals surface area contributed by atoms with Gasteiger partial charge in [0.15, 0.2) is 5.69 Å². The molecule has 39 heavy (non-hydrogen) atoms. The number of nitrogens with one attached hydrogen (secondary N) is 2. The van der Waals surface area contributed by atoms with Gasteiger partial charge < -0.3 is 24.7 Å². The maximum absolute atomic E-state index is 13.3. The Balaban J connectivity index is 1.21. The van der Waals surface area contributed by atoms with Crippen molar-refractivity contribution >= 4 is 39.5 Å². The van der Waals surface area contributed by atoms with Crippen LogP contribution in [0.2, 0.25) is 0 Å². The smallest absolute Gasteiger partial charge is 0.316 e. The molecule has 0 spiro atoms. The third kappa shape index (κ3) is 4.59. The van der Waals surface area contributed by atoms with Crippen molar-refractivity contribution in [3.8, 4) is 11.6 Å². The quantitative estimate of drug-likeness (QED) is 0.354. The number of thiazole rings is 1. The minimum Gasteiger partial charge on any atom is -0.402 e. The van der Waals surface area contributed by atoms with Gasteiger partial charge in [-0.2, -0.15) is 0 Å². The van der Waals surface area contributed by atoms with Gasteiger partial charge in [0.1, 0.15) is 16.1 Å². The SMILES string of the molecule is CC1(c2nc(-c3nnc(N[C@H]4C=C(c5ccccc5)c5ccccc5NC4=O)o3)c(N3CCOCC3)s2)CC1. The Labute approximate surface area is 229 Å². The highest BCUT2D eigenvalue weighted by Gasteiger charge is 2.43. The molecule has 2 N–H and O–H groups in total. The highest BCUT2D eigenvalue weighted by atomic mass is 32.1. The number of anilines is 3. The number of ether oxygens (including phenoxy) is 1. The molecule has 2 aromatic heterocycles. The Kier molecular flexibility index (Phi) is 5.93. The number of carbonyl (C=O) groups is 1. The fourth-order valence-corrected chi connectivity index (χ4v) is 6.26. The van der Waals surface area contributed by atoms with Gasteiger partial charge in [-0.05, 0) is 36.1 Å². The van der Waals surface area contributed by atoms with Crippen LogP contribution in [0.3, 0.4) is 0 Å². The number of hydrogen-bond donors (Lipinski definition) is 2. The lowest BCUT2D eigenvalue weighted by Crippen LogP contribution is -2.36. The second-order valence-corrected chi connectivity index (χ2v) is 11.3. The van der Waals surface area contributed by atoms with Crippen molar-refractivity contribution in [1.29, 1.82) is 0 Å². The van der Waals surface area contributed by atoms with E-state index in [1.165, 1.54) is 0 Å². The number of benzene rings is 2. The summed E-state index contributed by atoms with van der Waals surface area (Å²) >= 11 is 1.71. The third-order valence-electron chi connectivity index (χ3n) is 7.51. The van der Waals surface area contributed by atoms with E-state index in [1.54, 1.807) is 11.3 Å². The molecular weight excluding hydrogens is 512 g/mol. The highest BCUT2D eigenvalue weighted by molar-refractivity contribution is 7.16. The van der Waals surface area contributed by atoms with Crippen molar-refractivity contribution in [2.24, 2.45) is 0 Å². The van der Waals surface area contributed by atoms with Crippen LogP contribution < -0.4 is 15.5 Å². The van der Waals surface area contributed by atoms with Crippen LogP contribution in [0.15, 0.2) is 65.1 Å². The molecule has 198 valence electrons. The van der Waals surface area contributed by atoms with E-state index in [0.717, 1.165) is 58.3 Å². The Morgan fingerprint density at radius 2 is 1.82 bits per heavy atom. The first kappa shape index (κ1) is 24.1. The van der Waals surface area contributed by atoms with Gasteiger partial charge in [0.2, 0.25) is 0 Å². The van der Waals surface area contributed by atoms with Gasteiger partial charge in [-0.15, -0.1) is 16.4 Å². The van der Waals surface area contributed by atoms with Crippen LogP contribution in [0.25, 0.3) is 17.2 Å². The van der Waals surface area contributed by atoms with E-state index in [-0.39, 0.29) is 17.3 Å². The van der Waals surface area contributed by atoms with Crippen LogP contribution in [0.1, 0.15) is 35.9 Å². The topological polar surface area (TPSA) is 105 Å². The average Bonchev–Trinajstić information content (AvgIpc) is 3.37. The molecule has 2 fully saturated rings. The van der Waals surface area contributed by atoms with Gasteiger partial charge in [0, 0.05) is 29.8 Å². The average molecular weight is 541 g/mol. The summed E-state index contributed by atoms with van der Waals surface area (Å²) in [5.74, 6) is 0.134. The molecule has 1 saturated carbocycles. The third-order valence-corrected chi connectivity index (χ3v) is 8.93. The van der Waals surface area contributed by atoms with Gasteiger partial charge in [0.05, 0.1) is 13.2 Å². The number of para-hydroxylation sites is 1. The molecule has 4 aromatic rings. The summed E-state index contributed by atoms with van der Waals surface area (Å²) in [5.41, 5.74) is 4.48. The largest absolute Gasteiger partial charge is 0.402 e. The lowest BCUT2D eigenvalue weighted by molar-refractivity contribution is -0.116. The molecule has 1 atom stereocenters. The van der Waals surface area contributed by atoms with Crippen LogP contribution in [0.5, 0.6) is 0 Å². The predicted octanol–water partition coefficient (Wildman–Crippen LogP) is 4.95. The van der Waals surface area contributed by atoms with Gasteiger partial charge in [-0.1, -0.05) is 60.6 Å². The number of amides is 1. The number of fused-ring (bicyclic) bond motifs is 1. The number of nitrogens with zero attached hydrogens (tertiary/aromatic N) is 4.